The second-order valence-electron chi connectivity index (χ2n) is 4.68. The molecule has 0 fully saturated rings. The minimum Gasteiger partial charge on any atom is -0.351 e. The predicted octanol–water partition coefficient (Wildman–Crippen LogP) is 2.42. The number of nitrogens with one attached hydrogen (secondary N) is 2. The van der Waals surface area contributed by atoms with Gasteiger partial charge < -0.3 is 16.4 Å². The van der Waals surface area contributed by atoms with E-state index in [4.69, 9.17) is 5.73 Å². The van der Waals surface area contributed by atoms with Crippen LogP contribution in [-0.4, -0.2) is 11.9 Å². The van der Waals surface area contributed by atoms with Crippen LogP contribution in [-0.2, 0) is 6.54 Å². The summed E-state index contributed by atoms with van der Waals surface area (Å²) in [4.78, 5) is 22.9. The van der Waals surface area contributed by atoms with E-state index in [-0.39, 0.29) is 5.91 Å². The Balaban J connectivity index is 2.03. The van der Waals surface area contributed by atoms with Crippen LogP contribution in [0.25, 0.3) is 0 Å². The van der Waals surface area contributed by atoms with Crippen LogP contribution in [0.5, 0.6) is 0 Å². The van der Waals surface area contributed by atoms with Gasteiger partial charge in [-0.05, 0) is 36.2 Å². The summed E-state index contributed by atoms with van der Waals surface area (Å²) in [6.07, 6.45) is 0. The van der Waals surface area contributed by atoms with Gasteiger partial charge in [-0.2, -0.15) is 0 Å². The first kappa shape index (κ1) is 14.6. The lowest BCUT2D eigenvalue weighted by molar-refractivity contribution is 0.0951. The van der Waals surface area contributed by atoms with E-state index in [2.05, 4.69) is 10.6 Å². The van der Waals surface area contributed by atoms with E-state index in [0.29, 0.717) is 17.8 Å². The van der Waals surface area contributed by atoms with Crippen LogP contribution < -0.4 is 16.4 Å². The van der Waals surface area contributed by atoms with Gasteiger partial charge in [0.25, 0.3) is 5.91 Å². The summed E-state index contributed by atoms with van der Waals surface area (Å²) in [6, 6.07) is 13.8. The SMILES string of the molecule is Cc1ccccc1CNC(=O)c1cccc(NC(N)=O)c1. The Hall–Kier alpha value is -2.82. The molecule has 0 aromatic heterocycles. The number of aryl methyl sites for hydroxylation is 1. The van der Waals surface area contributed by atoms with E-state index >= 15 is 0 Å². The van der Waals surface area contributed by atoms with Gasteiger partial charge in [-0.1, -0.05) is 30.3 Å². The van der Waals surface area contributed by atoms with Crippen molar-refractivity contribution in [3.8, 4) is 0 Å². The van der Waals surface area contributed by atoms with Crippen LogP contribution in [0.4, 0.5) is 10.5 Å². The first-order chi connectivity index (χ1) is 10.1. The van der Waals surface area contributed by atoms with Crippen molar-refractivity contribution < 1.29 is 9.59 Å². The highest BCUT2D eigenvalue weighted by molar-refractivity contribution is 5.96. The molecular weight excluding hydrogens is 266 g/mol. The molecule has 0 heterocycles. The molecule has 0 aliphatic carbocycles. The molecule has 3 amide bonds. The molecule has 108 valence electrons. The number of carbonyl (C=O) groups is 2. The molecule has 0 bridgehead atoms. The molecule has 0 saturated carbocycles. The lowest BCUT2D eigenvalue weighted by Gasteiger charge is -2.09. The normalized spacial score (nSPS) is 9.95. The molecule has 0 unspecified atom stereocenters. The average molecular weight is 283 g/mol. The molecule has 2 rings (SSSR count). The maximum absolute atomic E-state index is 12.1. The Morgan fingerprint density at radius 3 is 2.57 bits per heavy atom. The first-order valence-electron chi connectivity index (χ1n) is 6.55. The highest BCUT2D eigenvalue weighted by Crippen LogP contribution is 2.11. The van der Waals surface area contributed by atoms with Crippen molar-refractivity contribution in [1.82, 2.24) is 5.32 Å². The van der Waals surface area contributed by atoms with Gasteiger partial charge in [0.15, 0.2) is 0 Å². The smallest absolute Gasteiger partial charge is 0.316 e. The Morgan fingerprint density at radius 2 is 1.86 bits per heavy atom. The van der Waals surface area contributed by atoms with Crippen LogP contribution >= 0.6 is 0 Å². The topological polar surface area (TPSA) is 84.2 Å². The largest absolute Gasteiger partial charge is 0.351 e. The minimum atomic E-state index is -0.660. The van der Waals surface area contributed by atoms with Crippen LogP contribution in [0, 0.1) is 6.92 Å². The van der Waals surface area contributed by atoms with Crippen molar-refractivity contribution in [2.24, 2.45) is 5.73 Å². The summed E-state index contributed by atoms with van der Waals surface area (Å²) in [5.74, 6) is -0.202. The molecule has 2 aromatic carbocycles. The maximum Gasteiger partial charge on any atom is 0.316 e. The molecule has 0 saturated heterocycles. The van der Waals surface area contributed by atoms with Crippen LogP contribution in [0.15, 0.2) is 48.5 Å². The molecular formula is C16H17N3O2. The molecule has 0 atom stereocenters. The van der Waals surface area contributed by atoms with Crippen molar-refractivity contribution in [3.63, 3.8) is 0 Å². The van der Waals surface area contributed by atoms with Crippen LogP contribution in [0.1, 0.15) is 21.5 Å². The van der Waals surface area contributed by atoms with E-state index in [1.54, 1.807) is 24.3 Å². The molecule has 0 aliphatic heterocycles. The number of hydrogen-bond acceptors (Lipinski definition) is 2. The Morgan fingerprint density at radius 1 is 1.10 bits per heavy atom. The zero-order chi connectivity index (χ0) is 15.2. The van der Waals surface area contributed by atoms with E-state index in [0.717, 1.165) is 11.1 Å². The van der Waals surface area contributed by atoms with E-state index < -0.39 is 6.03 Å². The number of urea groups is 1. The summed E-state index contributed by atoms with van der Waals surface area (Å²) < 4.78 is 0. The molecule has 2 aromatic rings. The van der Waals surface area contributed by atoms with E-state index in [1.807, 2.05) is 31.2 Å². The second-order valence-corrected chi connectivity index (χ2v) is 4.68. The fourth-order valence-corrected chi connectivity index (χ4v) is 1.97. The molecule has 0 radical (unpaired) electrons. The van der Waals surface area contributed by atoms with Gasteiger partial charge >= 0.3 is 6.03 Å². The minimum absolute atomic E-state index is 0.202. The van der Waals surface area contributed by atoms with Crippen LogP contribution in [0.3, 0.4) is 0 Å². The second kappa shape index (κ2) is 6.56. The quantitative estimate of drug-likeness (QED) is 0.805. The number of carbonyl (C=O) groups excluding carboxylic acids is 2. The predicted molar refractivity (Wildman–Crippen MR) is 82.0 cm³/mol. The first-order valence-corrected chi connectivity index (χ1v) is 6.55. The van der Waals surface area contributed by atoms with Gasteiger partial charge in [-0.15, -0.1) is 0 Å². The Kier molecular flexibility index (Phi) is 4.56. The number of benzene rings is 2. The standard InChI is InChI=1S/C16H17N3O2/c1-11-5-2-3-6-13(11)10-18-15(20)12-7-4-8-14(9-12)19-16(17)21/h2-9H,10H2,1H3,(H,18,20)(H3,17,19,21). The van der Waals surface area contributed by atoms with Crippen molar-refractivity contribution >= 4 is 17.6 Å². The third-order valence-corrected chi connectivity index (χ3v) is 3.09. The van der Waals surface area contributed by atoms with Crippen molar-refractivity contribution in [3.05, 3.63) is 65.2 Å². The summed E-state index contributed by atoms with van der Waals surface area (Å²) in [5, 5.41) is 5.30. The van der Waals surface area contributed by atoms with Crippen molar-refractivity contribution in [2.75, 3.05) is 5.32 Å². The number of anilines is 1. The summed E-state index contributed by atoms with van der Waals surface area (Å²) >= 11 is 0. The molecule has 5 heteroatoms. The maximum atomic E-state index is 12.1. The number of amides is 3. The molecule has 0 spiro atoms. The number of nitrogens with two attached hydrogens (primary N) is 1. The highest BCUT2D eigenvalue weighted by atomic mass is 16.2. The van der Waals surface area contributed by atoms with E-state index in [1.165, 1.54) is 0 Å². The van der Waals surface area contributed by atoms with Gasteiger partial charge in [-0.3, -0.25) is 4.79 Å². The Labute approximate surface area is 123 Å². The Bertz CT molecular complexity index is 668. The summed E-state index contributed by atoms with van der Waals surface area (Å²) in [7, 11) is 0. The monoisotopic (exact) mass is 283 g/mol. The highest BCUT2D eigenvalue weighted by Gasteiger charge is 2.07. The van der Waals surface area contributed by atoms with Crippen molar-refractivity contribution in [1.29, 1.82) is 0 Å². The average Bonchev–Trinajstić information content (AvgIpc) is 2.45. The number of rotatable bonds is 4. The van der Waals surface area contributed by atoms with Crippen LogP contribution in [0.2, 0.25) is 0 Å². The van der Waals surface area contributed by atoms with Gasteiger partial charge in [0.1, 0.15) is 0 Å². The van der Waals surface area contributed by atoms with Gasteiger partial charge in [0.05, 0.1) is 0 Å². The molecule has 0 aliphatic rings. The van der Waals surface area contributed by atoms with Gasteiger partial charge in [0.2, 0.25) is 0 Å². The molecule has 4 N–H and O–H groups in total. The lowest BCUT2D eigenvalue weighted by atomic mass is 10.1. The zero-order valence-electron chi connectivity index (χ0n) is 11.7. The third kappa shape index (κ3) is 4.07. The van der Waals surface area contributed by atoms with Crippen molar-refractivity contribution in [2.45, 2.75) is 13.5 Å². The fourth-order valence-electron chi connectivity index (χ4n) is 1.97. The fraction of sp³-hybridized carbons (Fsp3) is 0.125. The summed E-state index contributed by atoms with van der Waals surface area (Å²) in [5.41, 5.74) is 8.20. The molecule has 21 heavy (non-hydrogen) atoms. The van der Waals surface area contributed by atoms with E-state index in [9.17, 15) is 9.59 Å². The van der Waals surface area contributed by atoms with Gasteiger partial charge in [0, 0.05) is 17.8 Å². The zero-order valence-corrected chi connectivity index (χ0v) is 11.7. The summed E-state index contributed by atoms with van der Waals surface area (Å²) in [6.45, 7) is 2.46. The molecule has 5 nitrogen and oxygen atoms in total. The lowest BCUT2D eigenvalue weighted by Crippen LogP contribution is -2.24. The third-order valence-electron chi connectivity index (χ3n) is 3.09. The number of hydrogen-bond donors (Lipinski definition) is 3. The van der Waals surface area contributed by atoms with Gasteiger partial charge in [-0.25, -0.2) is 4.79 Å². The number of primary amides is 1.